The van der Waals surface area contributed by atoms with Crippen LogP contribution in [0.4, 0.5) is 50.4 Å². The van der Waals surface area contributed by atoms with Gasteiger partial charge in [0.15, 0.2) is 11.5 Å². The molecule has 0 radical (unpaired) electrons. The first kappa shape index (κ1) is 66.1. The van der Waals surface area contributed by atoms with E-state index in [0.29, 0.717) is 112 Å². The average Bonchev–Trinajstić information content (AvgIpc) is 1.79. The highest BCUT2D eigenvalue weighted by molar-refractivity contribution is 7.84. The molecule has 5 N–H and O–H groups in total. The van der Waals surface area contributed by atoms with Gasteiger partial charge in [-0.15, -0.1) is 0 Å². The first-order valence-electron chi connectivity index (χ1n) is 31.3. The Labute approximate surface area is 506 Å². The maximum atomic E-state index is 14.2. The van der Waals surface area contributed by atoms with Gasteiger partial charge < -0.3 is 35.8 Å². The van der Waals surface area contributed by atoms with E-state index in [4.69, 9.17) is 15.2 Å². The van der Waals surface area contributed by atoms with Gasteiger partial charge in [-0.25, -0.2) is 14.3 Å². The van der Waals surface area contributed by atoms with Gasteiger partial charge >= 0.3 is 30.5 Å². The molecule has 3 saturated carbocycles. The predicted molar refractivity (Wildman–Crippen MR) is 313 cm³/mol. The first-order chi connectivity index (χ1) is 41.1. The molecule has 3 aromatic rings. The summed E-state index contributed by atoms with van der Waals surface area (Å²) in [5, 5.41) is 21.3. The second-order valence-electron chi connectivity index (χ2n) is 26.4. The van der Waals surface area contributed by atoms with Crippen molar-refractivity contribution in [3.8, 4) is 11.4 Å². The zero-order valence-electron chi connectivity index (χ0n) is 50.1. The smallest absolute Gasteiger partial charge is 0.446 e. The summed E-state index contributed by atoms with van der Waals surface area (Å²) in [4.78, 5) is 55.9. The second kappa shape index (κ2) is 27.4. The Kier molecular flexibility index (Phi) is 20.8. The number of piperazine rings is 1. The van der Waals surface area contributed by atoms with E-state index in [1.807, 2.05) is 26.0 Å². The Balaban J connectivity index is 0.687. The zero-order valence-corrected chi connectivity index (χ0v) is 50.9. The van der Waals surface area contributed by atoms with Crippen LogP contribution in [0.2, 0.25) is 0 Å². The molecule has 1 aliphatic heterocycles. The lowest BCUT2D eigenvalue weighted by Crippen LogP contribution is -2.51. The number of alkyl carbamates (subject to hydrolysis) is 1. The number of halogens is 8. The first-order valence-corrected chi connectivity index (χ1v) is 32.8. The van der Waals surface area contributed by atoms with Crippen molar-refractivity contribution < 1.29 is 73.1 Å². The monoisotopic (exact) mass is 1250 g/mol. The Hall–Kier alpha value is -5.36. The van der Waals surface area contributed by atoms with Crippen molar-refractivity contribution in [3.63, 3.8) is 0 Å². The second-order valence-corrected chi connectivity index (χ2v) is 28.1. The number of benzene rings is 2. The van der Waals surface area contributed by atoms with Gasteiger partial charge in [0, 0.05) is 86.1 Å². The van der Waals surface area contributed by atoms with E-state index in [0.717, 1.165) is 81.7 Å². The van der Waals surface area contributed by atoms with Gasteiger partial charge in [-0.3, -0.25) is 18.7 Å². The molecule has 7 atom stereocenters. The van der Waals surface area contributed by atoms with Crippen LogP contribution in [0.1, 0.15) is 192 Å². The Bertz CT molecular complexity index is 2960. The number of aliphatic hydroxyl groups excluding tert-OH is 1. The van der Waals surface area contributed by atoms with E-state index in [9.17, 15) is 63.6 Å². The fraction of sp³-hybridized carbons (Fsp3) is 0.698. The number of carbonyl (C=O) groups excluding carboxylic acids is 4. The van der Waals surface area contributed by atoms with Gasteiger partial charge in [0.1, 0.15) is 11.9 Å². The van der Waals surface area contributed by atoms with Crippen LogP contribution < -0.4 is 21.1 Å². The van der Waals surface area contributed by atoms with Crippen molar-refractivity contribution in [3.05, 3.63) is 70.0 Å². The van der Waals surface area contributed by atoms with E-state index in [1.54, 1.807) is 4.90 Å². The SMILES string of the molecule is CC1(C)CC(=O)c2c(C(F)(F)F)nn(-c3ccc(C(N)=O)c(NC4CCC(OC(=O)NCCN5CCN(C(=O)Oc6ccc7c(c6)C[C@@H](CCCCCCCCCS(=O)CCCC(F)(F)C(F)(F)F)C6[C@@H]7CC[C@]7(C)[C@@H](O)CC[C@@H]67)CC5)CC4)c3)c2C1. The lowest BCUT2D eigenvalue weighted by atomic mass is 9.52. The number of unbranched alkanes of at least 4 members (excludes halogenated alkanes) is 6. The van der Waals surface area contributed by atoms with Crippen molar-refractivity contribution in [2.45, 2.75) is 198 Å². The number of anilines is 1. The summed E-state index contributed by atoms with van der Waals surface area (Å²) in [5.74, 6) is -3.81. The molecule has 1 saturated heterocycles. The van der Waals surface area contributed by atoms with Gasteiger partial charge in [0.25, 0.3) is 5.91 Å². The minimum Gasteiger partial charge on any atom is -0.446 e. The fourth-order valence-corrected chi connectivity index (χ4v) is 16.3. The van der Waals surface area contributed by atoms with Crippen molar-refractivity contribution in [1.82, 2.24) is 24.9 Å². The van der Waals surface area contributed by atoms with E-state index in [-0.39, 0.29) is 59.2 Å². The fourth-order valence-electron chi connectivity index (χ4n) is 15.1. The number of nitrogens with two attached hydrogens (primary N) is 1. The number of nitrogens with one attached hydrogen (secondary N) is 2. The molecule has 9 rings (SSSR count). The predicted octanol–water partition coefficient (Wildman–Crippen LogP) is 12.7. The Morgan fingerprint density at radius 3 is 2.21 bits per heavy atom. The van der Waals surface area contributed by atoms with Crippen LogP contribution in [0.15, 0.2) is 36.4 Å². The summed E-state index contributed by atoms with van der Waals surface area (Å²) in [6, 6.07) is 10.4. The highest BCUT2D eigenvalue weighted by Crippen LogP contribution is 2.63. The number of hydrogen-bond donors (Lipinski definition) is 4. The lowest BCUT2D eigenvalue weighted by molar-refractivity contribution is -0.284. The number of hydrogen-bond acceptors (Lipinski definition) is 11. The molecule has 0 spiro atoms. The number of aromatic nitrogens is 2. The van der Waals surface area contributed by atoms with Crippen LogP contribution in [-0.4, -0.2) is 134 Å². The third-order valence-corrected chi connectivity index (χ3v) is 21.2. The summed E-state index contributed by atoms with van der Waals surface area (Å²) >= 11 is 0. The Morgan fingerprint density at radius 1 is 0.828 bits per heavy atom. The Morgan fingerprint density at radius 2 is 1.52 bits per heavy atom. The van der Waals surface area contributed by atoms with E-state index in [1.165, 1.54) is 29.3 Å². The number of nitrogens with zero attached hydrogens (tertiary/aromatic N) is 4. The highest BCUT2D eigenvalue weighted by atomic mass is 32.2. The lowest BCUT2D eigenvalue weighted by Gasteiger charge is -2.53. The molecule has 2 unspecified atom stereocenters. The van der Waals surface area contributed by atoms with Gasteiger partial charge in [-0.2, -0.15) is 40.2 Å². The molecule has 1 aromatic heterocycles. The minimum absolute atomic E-state index is 0.0449. The van der Waals surface area contributed by atoms with Crippen molar-refractivity contribution in [2.75, 3.05) is 56.1 Å². The molecule has 5 aliphatic carbocycles. The third kappa shape index (κ3) is 15.8. The van der Waals surface area contributed by atoms with Gasteiger partial charge in [-0.05, 0) is 159 Å². The quantitative estimate of drug-likeness (QED) is 0.0520. The molecule has 2 heterocycles. The van der Waals surface area contributed by atoms with Gasteiger partial charge in [0.2, 0.25) is 0 Å². The number of ketones is 1. The molecule has 87 heavy (non-hydrogen) atoms. The van der Waals surface area contributed by atoms with Crippen molar-refractivity contribution >= 4 is 40.4 Å². The molecule has 6 aliphatic rings. The standard InChI is InChI=1S/C63H85F8N7O8S/c1-59(2)37-50-54(51(79)38-59)55(62(66,67)68)75-78(50)42-15-19-47(56(72)81)49(36-42)74-41-13-16-43(17-14-41)85-57(82)73-26-27-76-28-30-77(31-29-76)58(83)86-44-18-20-45-40(35-44)34-39(53-46(45)23-25-60(3)48(53)21-22-52(60)80)12-9-7-5-4-6-8-10-32-87(84)33-11-24-61(64,65)63(69,70)71/h15,18-20,35-36,39,41,43,46,48,52-53,74,80H,4-14,16-17,21-34,37-38H2,1-3H3,(H2,72,81)(H,73,82)/t39-,41?,43?,46-,48+,52+,53?,60+,87?/m1/s1. The number of carbonyl (C=O) groups is 4. The normalized spacial score (nSPS) is 26.0. The number of Topliss-reactive ketones (excluding diaryl/α,β-unsaturated/α-hetero) is 1. The van der Waals surface area contributed by atoms with Gasteiger partial charge in [-0.1, -0.05) is 65.4 Å². The topological polar surface area (TPSA) is 198 Å². The summed E-state index contributed by atoms with van der Waals surface area (Å²) in [7, 11) is -1.42. The minimum atomic E-state index is -5.59. The summed E-state index contributed by atoms with van der Waals surface area (Å²) < 4.78 is 131. The molecule has 24 heteroatoms. The van der Waals surface area contributed by atoms with Crippen molar-refractivity contribution in [1.29, 1.82) is 0 Å². The number of alkyl halides is 8. The number of ether oxygens (including phenoxy) is 2. The maximum absolute atomic E-state index is 14.2. The highest BCUT2D eigenvalue weighted by Gasteiger charge is 2.58. The maximum Gasteiger partial charge on any atom is 0.453 e. The van der Waals surface area contributed by atoms with E-state index >= 15 is 0 Å². The number of aliphatic hydroxyl groups is 1. The summed E-state index contributed by atoms with van der Waals surface area (Å²) in [6.45, 7) is 8.83. The molecule has 3 amide bonds. The summed E-state index contributed by atoms with van der Waals surface area (Å²) in [6.07, 6.45) is 0.675. The zero-order chi connectivity index (χ0) is 62.6. The average molecular weight is 1250 g/mol. The summed E-state index contributed by atoms with van der Waals surface area (Å²) in [5.41, 5.74) is 6.75. The van der Waals surface area contributed by atoms with Crippen LogP contribution in [0, 0.1) is 28.6 Å². The number of fused-ring (bicyclic) bond motifs is 6. The molecular formula is C63H85F8N7O8S. The largest absolute Gasteiger partial charge is 0.453 e. The number of rotatable bonds is 23. The van der Waals surface area contributed by atoms with Crippen LogP contribution in [0.3, 0.4) is 0 Å². The van der Waals surface area contributed by atoms with Crippen LogP contribution in [0.5, 0.6) is 5.75 Å². The molecule has 15 nitrogen and oxygen atoms in total. The number of primary amides is 1. The van der Waals surface area contributed by atoms with E-state index in [2.05, 4.69) is 33.6 Å². The van der Waals surface area contributed by atoms with E-state index < -0.39 is 82.5 Å². The number of amides is 3. The van der Waals surface area contributed by atoms with Gasteiger partial charge in [0.05, 0.1) is 28.6 Å². The molecule has 2 aromatic carbocycles. The van der Waals surface area contributed by atoms with Crippen LogP contribution in [-0.2, 0) is 34.6 Å². The molecule has 482 valence electrons. The third-order valence-electron chi connectivity index (χ3n) is 19.7. The van der Waals surface area contributed by atoms with Crippen molar-refractivity contribution in [2.24, 2.45) is 34.3 Å². The van der Waals surface area contributed by atoms with Crippen LogP contribution >= 0.6 is 0 Å². The molecule has 4 fully saturated rings. The molecule has 0 bridgehead atoms. The van der Waals surface area contributed by atoms with Crippen LogP contribution in [0.25, 0.3) is 5.69 Å². The molecular weight excluding hydrogens is 1170 g/mol.